The van der Waals surface area contributed by atoms with Crippen LogP contribution in [0.25, 0.3) is 11.0 Å². The summed E-state index contributed by atoms with van der Waals surface area (Å²) >= 11 is 0. The summed E-state index contributed by atoms with van der Waals surface area (Å²) in [5, 5.41) is 3.05. The van der Waals surface area contributed by atoms with Gasteiger partial charge in [-0.3, -0.25) is 4.79 Å². The molecule has 1 aromatic heterocycles. The number of hydrogen-bond acceptors (Lipinski definition) is 3. The lowest BCUT2D eigenvalue weighted by Crippen LogP contribution is -2.27. The van der Waals surface area contributed by atoms with Crippen LogP contribution in [0.3, 0.4) is 0 Å². The number of nitrogens with zero attached hydrogens (tertiary/aromatic N) is 2. The number of carbonyl (C=O) groups is 1. The van der Waals surface area contributed by atoms with Gasteiger partial charge in [0.1, 0.15) is 18.2 Å². The number of ether oxygens (including phenoxy) is 1. The second-order valence-electron chi connectivity index (χ2n) is 8.37. The first kappa shape index (κ1) is 22.6. The van der Waals surface area contributed by atoms with Crippen LogP contribution in [-0.4, -0.2) is 28.6 Å². The van der Waals surface area contributed by atoms with Crippen LogP contribution in [0.15, 0.2) is 72.8 Å². The van der Waals surface area contributed by atoms with Crippen LogP contribution in [0.4, 0.5) is 0 Å². The van der Waals surface area contributed by atoms with Gasteiger partial charge in [0.05, 0.1) is 17.6 Å². The fourth-order valence-corrected chi connectivity index (χ4v) is 3.98. The number of para-hydroxylation sites is 2. The standard InChI is InChI=1S/C28H31N3O2/c1-21-12-13-22(2)26(20-21)33-19-18-31-25-11-7-6-10-24(25)30-27(31)16-17-29-28(32)15-14-23-8-4-3-5-9-23/h3-13,20H,14-19H2,1-2H3,(H,29,32). The Morgan fingerprint density at radius 3 is 2.61 bits per heavy atom. The average Bonchev–Trinajstić information content (AvgIpc) is 3.18. The highest BCUT2D eigenvalue weighted by atomic mass is 16.5. The Hall–Kier alpha value is -3.60. The van der Waals surface area contributed by atoms with Gasteiger partial charge in [-0.25, -0.2) is 4.98 Å². The van der Waals surface area contributed by atoms with E-state index in [2.05, 4.69) is 60.1 Å². The minimum absolute atomic E-state index is 0.0692. The second kappa shape index (κ2) is 10.8. The first-order valence-electron chi connectivity index (χ1n) is 11.5. The number of aromatic nitrogens is 2. The molecule has 4 rings (SSSR count). The average molecular weight is 442 g/mol. The predicted molar refractivity (Wildman–Crippen MR) is 133 cm³/mol. The maximum absolute atomic E-state index is 12.3. The molecule has 1 heterocycles. The number of aryl methyl sites for hydroxylation is 3. The van der Waals surface area contributed by atoms with E-state index in [1.807, 2.05) is 36.4 Å². The van der Waals surface area contributed by atoms with Crippen molar-refractivity contribution in [2.24, 2.45) is 0 Å². The van der Waals surface area contributed by atoms with Gasteiger partial charge in [-0.2, -0.15) is 0 Å². The van der Waals surface area contributed by atoms with Crippen molar-refractivity contribution in [2.45, 2.75) is 39.7 Å². The zero-order valence-corrected chi connectivity index (χ0v) is 19.4. The van der Waals surface area contributed by atoms with E-state index in [4.69, 9.17) is 9.72 Å². The number of amides is 1. The summed E-state index contributed by atoms with van der Waals surface area (Å²) in [5.41, 5.74) is 5.56. The summed E-state index contributed by atoms with van der Waals surface area (Å²) < 4.78 is 8.30. The largest absolute Gasteiger partial charge is 0.491 e. The fraction of sp³-hybridized carbons (Fsp3) is 0.286. The SMILES string of the molecule is Cc1ccc(C)c(OCCn2c(CCNC(=O)CCc3ccccc3)nc3ccccc32)c1. The van der Waals surface area contributed by atoms with E-state index in [0.29, 0.717) is 32.5 Å². The summed E-state index contributed by atoms with van der Waals surface area (Å²) in [6.45, 7) is 5.95. The molecule has 0 aliphatic rings. The number of benzene rings is 3. The quantitative estimate of drug-likeness (QED) is 0.376. The Morgan fingerprint density at radius 1 is 0.970 bits per heavy atom. The maximum Gasteiger partial charge on any atom is 0.220 e. The maximum atomic E-state index is 12.3. The van der Waals surface area contributed by atoms with Crippen molar-refractivity contribution < 1.29 is 9.53 Å². The minimum atomic E-state index is 0.0692. The van der Waals surface area contributed by atoms with E-state index in [9.17, 15) is 4.79 Å². The molecular weight excluding hydrogens is 410 g/mol. The molecule has 0 radical (unpaired) electrons. The highest BCUT2D eigenvalue weighted by molar-refractivity contribution is 5.77. The summed E-state index contributed by atoms with van der Waals surface area (Å²) in [7, 11) is 0. The number of rotatable bonds is 10. The predicted octanol–water partition coefficient (Wildman–Crippen LogP) is 5.02. The molecule has 0 aliphatic carbocycles. The third-order valence-electron chi connectivity index (χ3n) is 5.80. The molecule has 0 fully saturated rings. The summed E-state index contributed by atoms with van der Waals surface area (Å²) in [6.07, 6.45) is 1.92. The number of nitrogens with one attached hydrogen (secondary N) is 1. The molecule has 1 amide bonds. The molecule has 0 unspecified atom stereocenters. The molecule has 5 heteroatoms. The highest BCUT2D eigenvalue weighted by Gasteiger charge is 2.11. The smallest absolute Gasteiger partial charge is 0.220 e. The normalized spacial score (nSPS) is 11.0. The second-order valence-corrected chi connectivity index (χ2v) is 8.37. The van der Waals surface area contributed by atoms with E-state index in [1.54, 1.807) is 0 Å². The molecule has 0 spiro atoms. The molecule has 0 saturated heterocycles. The zero-order chi connectivity index (χ0) is 23.0. The van der Waals surface area contributed by atoms with E-state index in [-0.39, 0.29) is 5.91 Å². The molecule has 0 bridgehead atoms. The van der Waals surface area contributed by atoms with Crippen molar-refractivity contribution in [1.82, 2.24) is 14.9 Å². The van der Waals surface area contributed by atoms with E-state index < -0.39 is 0 Å². The van der Waals surface area contributed by atoms with Crippen LogP contribution in [0.1, 0.15) is 28.9 Å². The van der Waals surface area contributed by atoms with E-state index in [1.165, 1.54) is 11.1 Å². The van der Waals surface area contributed by atoms with E-state index >= 15 is 0 Å². The van der Waals surface area contributed by atoms with Gasteiger partial charge >= 0.3 is 0 Å². The molecule has 33 heavy (non-hydrogen) atoms. The van der Waals surface area contributed by atoms with E-state index in [0.717, 1.165) is 34.6 Å². The Morgan fingerprint density at radius 2 is 1.76 bits per heavy atom. The summed E-state index contributed by atoms with van der Waals surface area (Å²) in [6, 6.07) is 24.5. The lowest BCUT2D eigenvalue weighted by molar-refractivity contribution is -0.121. The van der Waals surface area contributed by atoms with Gasteiger partial charge in [-0.05, 0) is 55.2 Å². The molecule has 3 aromatic carbocycles. The van der Waals surface area contributed by atoms with Crippen LogP contribution in [-0.2, 0) is 24.2 Å². The Labute approximate surface area is 195 Å². The van der Waals surface area contributed by atoms with Gasteiger partial charge in [0.15, 0.2) is 0 Å². The van der Waals surface area contributed by atoms with Crippen molar-refractivity contribution in [3.05, 3.63) is 95.3 Å². The Bertz CT molecular complexity index is 1210. The molecular formula is C28H31N3O2. The van der Waals surface area contributed by atoms with Crippen LogP contribution in [0, 0.1) is 13.8 Å². The first-order valence-corrected chi connectivity index (χ1v) is 11.5. The van der Waals surface area contributed by atoms with Crippen molar-refractivity contribution in [3.8, 4) is 5.75 Å². The van der Waals surface area contributed by atoms with Gasteiger partial charge in [0, 0.05) is 19.4 Å². The van der Waals surface area contributed by atoms with Crippen molar-refractivity contribution in [3.63, 3.8) is 0 Å². The molecule has 170 valence electrons. The molecule has 1 N–H and O–H groups in total. The third kappa shape index (κ3) is 6.01. The van der Waals surface area contributed by atoms with Gasteiger partial charge in [0.25, 0.3) is 0 Å². The van der Waals surface area contributed by atoms with Crippen molar-refractivity contribution >= 4 is 16.9 Å². The Balaban J connectivity index is 1.35. The number of imidazole rings is 1. The lowest BCUT2D eigenvalue weighted by atomic mass is 10.1. The van der Waals surface area contributed by atoms with Gasteiger partial charge in [-0.1, -0.05) is 54.6 Å². The molecule has 0 saturated carbocycles. The van der Waals surface area contributed by atoms with Crippen molar-refractivity contribution in [2.75, 3.05) is 13.2 Å². The minimum Gasteiger partial charge on any atom is -0.491 e. The fourth-order valence-electron chi connectivity index (χ4n) is 3.98. The van der Waals surface area contributed by atoms with Gasteiger partial charge in [0.2, 0.25) is 5.91 Å². The first-order chi connectivity index (χ1) is 16.1. The van der Waals surface area contributed by atoms with Gasteiger partial charge in [-0.15, -0.1) is 0 Å². The Kier molecular flexibility index (Phi) is 7.40. The van der Waals surface area contributed by atoms with Crippen LogP contribution >= 0.6 is 0 Å². The molecule has 5 nitrogen and oxygen atoms in total. The molecule has 0 atom stereocenters. The summed E-state index contributed by atoms with van der Waals surface area (Å²) in [5.74, 6) is 1.95. The number of hydrogen-bond donors (Lipinski definition) is 1. The summed E-state index contributed by atoms with van der Waals surface area (Å²) in [4.78, 5) is 17.1. The number of fused-ring (bicyclic) bond motifs is 1. The topological polar surface area (TPSA) is 56.1 Å². The van der Waals surface area contributed by atoms with Gasteiger partial charge < -0.3 is 14.6 Å². The lowest BCUT2D eigenvalue weighted by Gasteiger charge is -2.13. The van der Waals surface area contributed by atoms with Crippen LogP contribution in [0.2, 0.25) is 0 Å². The van der Waals surface area contributed by atoms with Crippen LogP contribution < -0.4 is 10.1 Å². The van der Waals surface area contributed by atoms with Crippen LogP contribution in [0.5, 0.6) is 5.75 Å². The molecule has 0 aliphatic heterocycles. The third-order valence-corrected chi connectivity index (χ3v) is 5.80. The zero-order valence-electron chi connectivity index (χ0n) is 19.4. The van der Waals surface area contributed by atoms with Crippen molar-refractivity contribution in [1.29, 1.82) is 0 Å². The monoisotopic (exact) mass is 441 g/mol. The number of carbonyl (C=O) groups excluding carboxylic acids is 1. The highest BCUT2D eigenvalue weighted by Crippen LogP contribution is 2.20. The molecule has 4 aromatic rings.